The predicted molar refractivity (Wildman–Crippen MR) is 95.5 cm³/mol. The number of nitrogens with zero attached hydrogens (tertiary/aromatic N) is 1. The van der Waals surface area contributed by atoms with E-state index < -0.39 is 11.8 Å². The molecule has 0 unspecified atom stereocenters. The average Bonchev–Trinajstić information content (AvgIpc) is 2.59. The molecule has 0 aliphatic carbocycles. The van der Waals surface area contributed by atoms with Crippen LogP contribution in [0.15, 0.2) is 48.5 Å². The van der Waals surface area contributed by atoms with Gasteiger partial charge in [-0.2, -0.15) is 0 Å². The Kier molecular flexibility index (Phi) is 5.16. The molecule has 5 nitrogen and oxygen atoms in total. The van der Waals surface area contributed by atoms with Crippen LogP contribution in [0.25, 0.3) is 0 Å². The SMILES string of the molecule is CN1CCC(OC(=O)O)(c2ccccc2Oc2ccc(Cl)cc2)CC1. The van der Waals surface area contributed by atoms with E-state index in [1.165, 1.54) is 0 Å². The molecule has 132 valence electrons. The van der Waals surface area contributed by atoms with Gasteiger partial charge in [-0.15, -0.1) is 0 Å². The van der Waals surface area contributed by atoms with Crippen LogP contribution in [0.3, 0.4) is 0 Å². The zero-order valence-electron chi connectivity index (χ0n) is 13.9. The zero-order chi connectivity index (χ0) is 17.9. The molecule has 1 saturated heterocycles. The van der Waals surface area contributed by atoms with Crippen LogP contribution in [0.5, 0.6) is 11.5 Å². The normalized spacial score (nSPS) is 17.0. The van der Waals surface area contributed by atoms with Gasteiger partial charge < -0.3 is 19.5 Å². The van der Waals surface area contributed by atoms with Crippen LogP contribution in [0.4, 0.5) is 4.79 Å². The van der Waals surface area contributed by atoms with Crippen LogP contribution < -0.4 is 4.74 Å². The summed E-state index contributed by atoms with van der Waals surface area (Å²) in [7, 11) is 2.01. The Labute approximate surface area is 151 Å². The monoisotopic (exact) mass is 361 g/mol. The number of carboxylic acid groups (broad SMARTS) is 1. The summed E-state index contributed by atoms with van der Waals surface area (Å²) in [5, 5.41) is 9.90. The Morgan fingerprint density at radius 2 is 1.76 bits per heavy atom. The molecule has 0 radical (unpaired) electrons. The molecule has 0 amide bonds. The van der Waals surface area contributed by atoms with Crippen molar-refractivity contribution in [2.45, 2.75) is 18.4 Å². The summed E-state index contributed by atoms with van der Waals surface area (Å²) in [5.74, 6) is 1.23. The number of hydrogen-bond donors (Lipinski definition) is 1. The standard InChI is InChI=1S/C19H20ClNO4/c1-21-12-10-19(11-13-21,25-18(22)23)16-4-2-3-5-17(16)24-15-8-6-14(20)7-9-15/h2-9H,10-13H2,1H3,(H,22,23). The zero-order valence-corrected chi connectivity index (χ0v) is 14.7. The van der Waals surface area contributed by atoms with Gasteiger partial charge in [-0.25, -0.2) is 4.79 Å². The van der Waals surface area contributed by atoms with Crippen molar-refractivity contribution in [3.05, 3.63) is 59.1 Å². The molecule has 25 heavy (non-hydrogen) atoms. The maximum atomic E-state index is 11.3. The van der Waals surface area contributed by atoms with Gasteiger partial charge in [-0.1, -0.05) is 29.8 Å². The Morgan fingerprint density at radius 1 is 1.12 bits per heavy atom. The first-order valence-corrected chi connectivity index (χ1v) is 8.50. The summed E-state index contributed by atoms with van der Waals surface area (Å²) in [4.78, 5) is 13.5. The minimum atomic E-state index is -1.27. The summed E-state index contributed by atoms with van der Waals surface area (Å²) in [5.41, 5.74) is -0.151. The highest BCUT2D eigenvalue weighted by Crippen LogP contribution is 2.42. The van der Waals surface area contributed by atoms with Crippen LogP contribution in [-0.4, -0.2) is 36.3 Å². The van der Waals surface area contributed by atoms with Crippen molar-refractivity contribution in [2.24, 2.45) is 0 Å². The van der Waals surface area contributed by atoms with Crippen LogP contribution in [0, 0.1) is 0 Å². The van der Waals surface area contributed by atoms with Crippen molar-refractivity contribution in [3.63, 3.8) is 0 Å². The topological polar surface area (TPSA) is 59.0 Å². The molecular weight excluding hydrogens is 342 g/mol. The van der Waals surface area contributed by atoms with Gasteiger partial charge in [0.05, 0.1) is 0 Å². The molecule has 1 heterocycles. The fraction of sp³-hybridized carbons (Fsp3) is 0.316. The molecule has 1 fully saturated rings. The van der Waals surface area contributed by atoms with Gasteiger partial charge in [0.1, 0.15) is 17.1 Å². The van der Waals surface area contributed by atoms with E-state index in [4.69, 9.17) is 21.1 Å². The molecule has 2 aromatic rings. The Balaban J connectivity index is 1.96. The molecule has 0 saturated carbocycles. The quantitative estimate of drug-likeness (QED) is 0.796. The first kappa shape index (κ1) is 17.6. The molecule has 2 aromatic carbocycles. The fourth-order valence-corrected chi connectivity index (χ4v) is 3.26. The lowest BCUT2D eigenvalue weighted by molar-refractivity contribution is -0.0585. The van der Waals surface area contributed by atoms with E-state index in [2.05, 4.69) is 4.90 Å². The molecule has 1 aliphatic rings. The highest BCUT2D eigenvalue weighted by molar-refractivity contribution is 6.30. The van der Waals surface area contributed by atoms with Crippen molar-refractivity contribution >= 4 is 17.8 Å². The average molecular weight is 362 g/mol. The number of benzene rings is 2. The third kappa shape index (κ3) is 4.06. The number of ether oxygens (including phenoxy) is 2. The lowest BCUT2D eigenvalue weighted by Gasteiger charge is -2.40. The van der Waals surface area contributed by atoms with Crippen molar-refractivity contribution in [2.75, 3.05) is 20.1 Å². The summed E-state index contributed by atoms with van der Waals surface area (Å²) >= 11 is 5.92. The number of rotatable bonds is 4. The summed E-state index contributed by atoms with van der Waals surface area (Å²) < 4.78 is 11.4. The molecular formula is C19H20ClNO4. The lowest BCUT2D eigenvalue weighted by Crippen LogP contribution is -2.43. The smallest absolute Gasteiger partial charge is 0.457 e. The fourth-order valence-electron chi connectivity index (χ4n) is 3.13. The van der Waals surface area contributed by atoms with E-state index in [-0.39, 0.29) is 0 Å². The van der Waals surface area contributed by atoms with Crippen molar-refractivity contribution in [1.82, 2.24) is 4.90 Å². The maximum absolute atomic E-state index is 11.3. The van der Waals surface area contributed by atoms with Gasteiger partial charge in [0, 0.05) is 36.5 Å². The highest BCUT2D eigenvalue weighted by atomic mass is 35.5. The van der Waals surface area contributed by atoms with Gasteiger partial charge in [-0.3, -0.25) is 0 Å². The summed E-state index contributed by atoms with van der Waals surface area (Å²) in [6.45, 7) is 1.51. The second-order valence-corrected chi connectivity index (χ2v) is 6.65. The molecule has 3 rings (SSSR count). The Bertz CT molecular complexity index is 739. The Hall–Kier alpha value is -2.24. The molecule has 0 spiro atoms. The van der Waals surface area contributed by atoms with Crippen molar-refractivity contribution in [1.29, 1.82) is 0 Å². The number of halogens is 1. The molecule has 0 aromatic heterocycles. The van der Waals surface area contributed by atoms with E-state index in [1.807, 2.05) is 31.3 Å². The Morgan fingerprint density at radius 3 is 2.40 bits per heavy atom. The van der Waals surface area contributed by atoms with Crippen molar-refractivity contribution in [3.8, 4) is 11.5 Å². The van der Waals surface area contributed by atoms with Gasteiger partial charge in [-0.05, 0) is 37.4 Å². The molecule has 1 N–H and O–H groups in total. The largest absolute Gasteiger partial charge is 0.506 e. The number of para-hydroxylation sites is 1. The number of piperidine rings is 1. The molecule has 1 aliphatic heterocycles. The predicted octanol–water partition coefficient (Wildman–Crippen LogP) is 4.75. The summed E-state index contributed by atoms with van der Waals surface area (Å²) in [6.07, 6.45) is -0.112. The van der Waals surface area contributed by atoms with Gasteiger partial charge in [0.2, 0.25) is 0 Å². The van der Waals surface area contributed by atoms with E-state index in [1.54, 1.807) is 24.3 Å². The molecule has 0 bridgehead atoms. The van der Waals surface area contributed by atoms with Crippen molar-refractivity contribution < 1.29 is 19.4 Å². The van der Waals surface area contributed by atoms with Gasteiger partial charge in [0.25, 0.3) is 0 Å². The van der Waals surface area contributed by atoms with Gasteiger partial charge in [0.15, 0.2) is 0 Å². The first-order chi connectivity index (χ1) is 12.0. The van der Waals surface area contributed by atoms with Gasteiger partial charge >= 0.3 is 6.16 Å². The first-order valence-electron chi connectivity index (χ1n) is 8.12. The number of likely N-dealkylation sites (tertiary alicyclic amines) is 1. The minimum absolute atomic E-state index is 0.580. The molecule has 6 heteroatoms. The third-order valence-electron chi connectivity index (χ3n) is 4.50. The van der Waals surface area contributed by atoms with Crippen LogP contribution in [0.2, 0.25) is 5.02 Å². The van der Waals surface area contributed by atoms with E-state index in [9.17, 15) is 9.90 Å². The molecule has 0 atom stereocenters. The highest BCUT2D eigenvalue weighted by Gasteiger charge is 2.41. The van der Waals surface area contributed by atoms with Crippen LogP contribution in [-0.2, 0) is 10.3 Å². The van der Waals surface area contributed by atoms with E-state index in [0.29, 0.717) is 29.4 Å². The minimum Gasteiger partial charge on any atom is -0.457 e. The second kappa shape index (κ2) is 7.33. The van der Waals surface area contributed by atoms with E-state index >= 15 is 0 Å². The number of carbonyl (C=O) groups is 1. The van der Waals surface area contributed by atoms with Crippen LogP contribution >= 0.6 is 11.6 Å². The van der Waals surface area contributed by atoms with E-state index in [0.717, 1.165) is 18.7 Å². The maximum Gasteiger partial charge on any atom is 0.506 e. The lowest BCUT2D eigenvalue weighted by atomic mass is 9.83. The number of hydrogen-bond acceptors (Lipinski definition) is 4. The summed E-state index contributed by atoms with van der Waals surface area (Å²) in [6, 6.07) is 14.5. The van der Waals surface area contributed by atoms with Crippen LogP contribution in [0.1, 0.15) is 18.4 Å². The second-order valence-electron chi connectivity index (χ2n) is 6.22. The third-order valence-corrected chi connectivity index (χ3v) is 4.75.